The lowest BCUT2D eigenvalue weighted by Gasteiger charge is -2.28. The first-order chi connectivity index (χ1) is 9.60. The molecule has 0 radical (unpaired) electrons. The zero-order chi connectivity index (χ0) is 14.5. The summed E-state index contributed by atoms with van der Waals surface area (Å²) >= 11 is 0. The standard InChI is InChI=1S/C15H24N4O/c1-4-11(2)16-15(20)13-10-14(18-12(3)17-13)19-8-6-5-7-9-19/h10-11H,4-9H2,1-3H3,(H,16,20). The Morgan fingerprint density at radius 3 is 2.70 bits per heavy atom. The van der Waals surface area contributed by atoms with E-state index in [-0.39, 0.29) is 11.9 Å². The molecule has 0 aliphatic carbocycles. The highest BCUT2D eigenvalue weighted by Gasteiger charge is 2.17. The summed E-state index contributed by atoms with van der Waals surface area (Å²) in [5.41, 5.74) is 0.471. The average molecular weight is 276 g/mol. The van der Waals surface area contributed by atoms with Gasteiger partial charge in [-0.25, -0.2) is 9.97 Å². The quantitative estimate of drug-likeness (QED) is 0.916. The number of rotatable bonds is 4. The van der Waals surface area contributed by atoms with Gasteiger partial charge >= 0.3 is 0 Å². The van der Waals surface area contributed by atoms with Gasteiger partial charge in [0.25, 0.3) is 5.91 Å². The molecule has 1 fully saturated rings. The molecule has 0 bridgehead atoms. The molecule has 1 aromatic rings. The molecular formula is C15H24N4O. The molecular weight excluding hydrogens is 252 g/mol. The van der Waals surface area contributed by atoms with E-state index in [9.17, 15) is 4.79 Å². The van der Waals surface area contributed by atoms with Crippen molar-refractivity contribution in [3.63, 3.8) is 0 Å². The lowest BCUT2D eigenvalue weighted by atomic mass is 10.1. The Morgan fingerprint density at radius 2 is 2.05 bits per heavy atom. The number of amides is 1. The van der Waals surface area contributed by atoms with Crippen LogP contribution in [0, 0.1) is 6.92 Å². The van der Waals surface area contributed by atoms with Gasteiger partial charge in [-0.1, -0.05) is 6.92 Å². The second-order valence-corrected chi connectivity index (χ2v) is 5.49. The highest BCUT2D eigenvalue weighted by Crippen LogP contribution is 2.18. The maximum Gasteiger partial charge on any atom is 0.270 e. The average Bonchev–Trinajstić information content (AvgIpc) is 2.47. The van der Waals surface area contributed by atoms with Crippen molar-refractivity contribution in [3.05, 3.63) is 17.6 Å². The van der Waals surface area contributed by atoms with Gasteiger partial charge in [0.05, 0.1) is 0 Å². The highest BCUT2D eigenvalue weighted by molar-refractivity contribution is 5.93. The van der Waals surface area contributed by atoms with Crippen LogP contribution in [0.3, 0.4) is 0 Å². The molecule has 110 valence electrons. The number of hydrogen-bond donors (Lipinski definition) is 1. The Labute approximate surface area is 120 Å². The Morgan fingerprint density at radius 1 is 1.35 bits per heavy atom. The summed E-state index contributed by atoms with van der Waals surface area (Å²) in [6, 6.07) is 1.98. The Hall–Kier alpha value is -1.65. The van der Waals surface area contributed by atoms with Gasteiger partial charge in [-0.15, -0.1) is 0 Å². The van der Waals surface area contributed by atoms with Crippen molar-refractivity contribution in [1.82, 2.24) is 15.3 Å². The van der Waals surface area contributed by atoms with Gasteiger partial charge in [0.1, 0.15) is 17.3 Å². The highest BCUT2D eigenvalue weighted by atomic mass is 16.1. The molecule has 2 heterocycles. The van der Waals surface area contributed by atoms with Crippen LogP contribution in [0.25, 0.3) is 0 Å². The minimum absolute atomic E-state index is 0.108. The lowest BCUT2D eigenvalue weighted by Crippen LogP contribution is -2.34. The first-order valence-corrected chi connectivity index (χ1v) is 7.51. The smallest absolute Gasteiger partial charge is 0.270 e. The minimum atomic E-state index is -0.108. The Kier molecular flexibility index (Phi) is 4.93. The fourth-order valence-corrected chi connectivity index (χ4v) is 2.35. The first kappa shape index (κ1) is 14.8. The maximum atomic E-state index is 12.2. The Balaban J connectivity index is 2.17. The van der Waals surface area contributed by atoms with E-state index >= 15 is 0 Å². The monoisotopic (exact) mass is 276 g/mol. The van der Waals surface area contributed by atoms with E-state index < -0.39 is 0 Å². The zero-order valence-corrected chi connectivity index (χ0v) is 12.6. The second kappa shape index (κ2) is 6.68. The lowest BCUT2D eigenvalue weighted by molar-refractivity contribution is 0.0934. The van der Waals surface area contributed by atoms with Crippen molar-refractivity contribution in [2.75, 3.05) is 18.0 Å². The van der Waals surface area contributed by atoms with E-state index in [1.165, 1.54) is 19.3 Å². The molecule has 2 rings (SSSR count). The normalized spacial score (nSPS) is 16.9. The van der Waals surface area contributed by atoms with E-state index in [1.807, 2.05) is 19.9 Å². The van der Waals surface area contributed by atoms with Crippen LogP contribution in [0.5, 0.6) is 0 Å². The molecule has 5 nitrogen and oxygen atoms in total. The van der Waals surface area contributed by atoms with Crippen LogP contribution < -0.4 is 10.2 Å². The van der Waals surface area contributed by atoms with Crippen LogP contribution in [-0.2, 0) is 0 Å². The summed E-state index contributed by atoms with van der Waals surface area (Å²) in [4.78, 5) is 23.2. The molecule has 0 saturated carbocycles. The van der Waals surface area contributed by atoms with Gasteiger partial charge < -0.3 is 10.2 Å². The van der Waals surface area contributed by atoms with E-state index in [2.05, 4.69) is 27.1 Å². The van der Waals surface area contributed by atoms with Gasteiger partial charge in [-0.2, -0.15) is 0 Å². The third kappa shape index (κ3) is 3.68. The number of carbonyl (C=O) groups is 1. The molecule has 1 saturated heterocycles. The van der Waals surface area contributed by atoms with Crippen molar-refractivity contribution in [2.24, 2.45) is 0 Å². The van der Waals surface area contributed by atoms with Crippen molar-refractivity contribution in [1.29, 1.82) is 0 Å². The van der Waals surface area contributed by atoms with Crippen molar-refractivity contribution in [3.8, 4) is 0 Å². The number of carbonyl (C=O) groups excluding carboxylic acids is 1. The number of nitrogens with zero attached hydrogens (tertiary/aromatic N) is 3. The summed E-state index contributed by atoms with van der Waals surface area (Å²) in [5.74, 6) is 1.43. The molecule has 1 atom stereocenters. The van der Waals surface area contributed by atoms with E-state index in [0.29, 0.717) is 11.5 Å². The largest absolute Gasteiger partial charge is 0.356 e. The summed E-state index contributed by atoms with van der Waals surface area (Å²) in [6.07, 6.45) is 4.58. The summed E-state index contributed by atoms with van der Waals surface area (Å²) < 4.78 is 0. The minimum Gasteiger partial charge on any atom is -0.356 e. The molecule has 20 heavy (non-hydrogen) atoms. The topological polar surface area (TPSA) is 58.1 Å². The fraction of sp³-hybridized carbons (Fsp3) is 0.667. The van der Waals surface area contributed by atoms with Crippen molar-refractivity contribution in [2.45, 2.75) is 52.5 Å². The molecule has 5 heteroatoms. The molecule has 1 aliphatic heterocycles. The van der Waals surface area contributed by atoms with Gasteiger partial charge in [-0.3, -0.25) is 4.79 Å². The molecule has 1 amide bonds. The van der Waals surface area contributed by atoms with Crippen LogP contribution in [0.1, 0.15) is 55.8 Å². The van der Waals surface area contributed by atoms with Crippen molar-refractivity contribution < 1.29 is 4.79 Å². The van der Waals surface area contributed by atoms with Gasteiger partial charge in [0.15, 0.2) is 0 Å². The van der Waals surface area contributed by atoms with Crippen LogP contribution in [0.15, 0.2) is 6.07 Å². The number of hydrogen-bond acceptors (Lipinski definition) is 4. The van der Waals surface area contributed by atoms with E-state index in [4.69, 9.17) is 0 Å². The summed E-state index contributed by atoms with van der Waals surface area (Å²) in [5, 5.41) is 2.96. The molecule has 1 unspecified atom stereocenters. The predicted octanol–water partition coefficient (Wildman–Crippen LogP) is 2.30. The Bertz CT molecular complexity index is 469. The predicted molar refractivity (Wildman–Crippen MR) is 80.1 cm³/mol. The number of nitrogens with one attached hydrogen (secondary N) is 1. The third-order valence-corrected chi connectivity index (χ3v) is 3.73. The third-order valence-electron chi connectivity index (χ3n) is 3.73. The maximum absolute atomic E-state index is 12.2. The summed E-state index contributed by atoms with van der Waals surface area (Å²) in [6.45, 7) is 7.92. The molecule has 0 spiro atoms. The number of piperidine rings is 1. The zero-order valence-electron chi connectivity index (χ0n) is 12.6. The SMILES string of the molecule is CCC(C)NC(=O)c1cc(N2CCCCC2)nc(C)n1. The van der Waals surface area contributed by atoms with Crippen LogP contribution >= 0.6 is 0 Å². The molecule has 1 aromatic heterocycles. The van der Waals surface area contributed by atoms with Gasteiger partial charge in [0.2, 0.25) is 0 Å². The fourth-order valence-electron chi connectivity index (χ4n) is 2.35. The first-order valence-electron chi connectivity index (χ1n) is 7.51. The van der Waals surface area contributed by atoms with Crippen LogP contribution in [-0.4, -0.2) is 35.0 Å². The molecule has 0 aromatic carbocycles. The molecule has 1 N–H and O–H groups in total. The number of aryl methyl sites for hydroxylation is 1. The molecule has 1 aliphatic rings. The van der Waals surface area contributed by atoms with E-state index in [1.54, 1.807) is 0 Å². The van der Waals surface area contributed by atoms with Crippen molar-refractivity contribution >= 4 is 11.7 Å². The van der Waals surface area contributed by atoms with Crippen LogP contribution in [0.4, 0.5) is 5.82 Å². The second-order valence-electron chi connectivity index (χ2n) is 5.49. The van der Waals surface area contributed by atoms with E-state index in [0.717, 1.165) is 25.3 Å². The summed E-state index contributed by atoms with van der Waals surface area (Å²) in [7, 11) is 0. The number of aromatic nitrogens is 2. The van der Waals surface area contributed by atoms with Gasteiger partial charge in [-0.05, 0) is 39.5 Å². The van der Waals surface area contributed by atoms with Gasteiger partial charge in [0, 0.05) is 25.2 Å². The van der Waals surface area contributed by atoms with Crippen LogP contribution in [0.2, 0.25) is 0 Å². The number of anilines is 1.